The van der Waals surface area contributed by atoms with Gasteiger partial charge >= 0.3 is 0 Å². The van der Waals surface area contributed by atoms with Gasteiger partial charge in [-0.25, -0.2) is 0 Å². The summed E-state index contributed by atoms with van der Waals surface area (Å²) in [6.45, 7) is 1.86. The largest absolute Gasteiger partial charge is 0.392 e. The molecule has 0 bridgehead atoms. The van der Waals surface area contributed by atoms with Crippen LogP contribution in [-0.2, 0) is 14.3 Å². The second-order valence-electron chi connectivity index (χ2n) is 4.56. The van der Waals surface area contributed by atoms with E-state index in [9.17, 15) is 4.79 Å². The van der Waals surface area contributed by atoms with Gasteiger partial charge in [0.1, 0.15) is 5.92 Å². The molecule has 0 aliphatic rings. The highest BCUT2D eigenvalue weighted by molar-refractivity contribution is 7.80. The van der Waals surface area contributed by atoms with Crippen LogP contribution < -0.4 is 5.73 Å². The Morgan fingerprint density at radius 3 is 2.14 bits per heavy atom. The van der Waals surface area contributed by atoms with Crippen molar-refractivity contribution in [3.05, 3.63) is 35.9 Å². The second kappa shape index (κ2) is 9.44. The Bertz CT molecular complexity index is 445. The zero-order valence-corrected chi connectivity index (χ0v) is 13.3. The predicted octanol–water partition coefficient (Wildman–Crippen LogP) is 1.18. The first-order valence-electron chi connectivity index (χ1n) is 6.72. The van der Waals surface area contributed by atoms with E-state index in [0.29, 0.717) is 26.3 Å². The van der Waals surface area contributed by atoms with Crippen LogP contribution in [0.2, 0.25) is 0 Å². The molecule has 0 saturated carbocycles. The van der Waals surface area contributed by atoms with Crippen molar-refractivity contribution < 1.29 is 14.3 Å². The van der Waals surface area contributed by atoms with Crippen molar-refractivity contribution in [1.29, 1.82) is 0 Å². The molecule has 1 amide bonds. The molecule has 116 valence electrons. The Morgan fingerprint density at radius 2 is 1.71 bits per heavy atom. The van der Waals surface area contributed by atoms with Crippen molar-refractivity contribution in [2.45, 2.75) is 5.92 Å². The lowest BCUT2D eigenvalue weighted by Crippen LogP contribution is -2.43. The molecule has 1 rings (SSSR count). The van der Waals surface area contributed by atoms with Crippen LogP contribution in [0.25, 0.3) is 0 Å². The second-order valence-corrected chi connectivity index (χ2v) is 5.03. The van der Waals surface area contributed by atoms with Crippen molar-refractivity contribution in [1.82, 2.24) is 4.90 Å². The minimum atomic E-state index is -0.616. The Balaban J connectivity index is 2.93. The van der Waals surface area contributed by atoms with Crippen molar-refractivity contribution in [2.24, 2.45) is 5.73 Å². The maximum atomic E-state index is 12.7. The SMILES string of the molecule is COCCN(CCOC)C(=O)C(C(N)=S)c1ccccc1. The summed E-state index contributed by atoms with van der Waals surface area (Å²) >= 11 is 5.09. The molecule has 5 nitrogen and oxygen atoms in total. The number of methoxy groups -OCH3 is 2. The summed E-state index contributed by atoms with van der Waals surface area (Å²) in [6, 6.07) is 9.32. The monoisotopic (exact) mass is 310 g/mol. The number of carbonyl (C=O) groups excluding carboxylic acids is 1. The van der Waals surface area contributed by atoms with E-state index in [1.165, 1.54) is 0 Å². The number of rotatable bonds is 9. The van der Waals surface area contributed by atoms with Crippen LogP contribution in [0.4, 0.5) is 0 Å². The van der Waals surface area contributed by atoms with Crippen LogP contribution in [0.5, 0.6) is 0 Å². The number of nitrogens with two attached hydrogens (primary N) is 1. The summed E-state index contributed by atoms with van der Waals surface area (Å²) in [5.41, 5.74) is 6.59. The lowest BCUT2D eigenvalue weighted by molar-refractivity contribution is -0.132. The number of ether oxygens (including phenoxy) is 2. The summed E-state index contributed by atoms with van der Waals surface area (Å²) in [6.07, 6.45) is 0. The highest BCUT2D eigenvalue weighted by Gasteiger charge is 2.27. The predicted molar refractivity (Wildman–Crippen MR) is 86.3 cm³/mol. The minimum Gasteiger partial charge on any atom is -0.392 e. The third-order valence-electron chi connectivity index (χ3n) is 3.11. The minimum absolute atomic E-state index is 0.122. The number of nitrogens with zero attached hydrogens (tertiary/aromatic N) is 1. The Morgan fingerprint density at radius 1 is 1.19 bits per heavy atom. The summed E-state index contributed by atoms with van der Waals surface area (Å²) in [5, 5.41) is 0. The van der Waals surface area contributed by atoms with Crippen molar-refractivity contribution in [3.8, 4) is 0 Å². The number of hydrogen-bond acceptors (Lipinski definition) is 4. The smallest absolute Gasteiger partial charge is 0.237 e. The standard InChI is InChI=1S/C15H22N2O3S/c1-19-10-8-17(9-11-20-2)15(18)13(14(16)21)12-6-4-3-5-7-12/h3-7,13H,8-11H2,1-2H3,(H2,16,21). The Kier molecular flexibility index (Phi) is 7.89. The van der Waals surface area contributed by atoms with E-state index in [-0.39, 0.29) is 10.9 Å². The summed E-state index contributed by atoms with van der Waals surface area (Å²) in [7, 11) is 3.20. The van der Waals surface area contributed by atoms with Gasteiger partial charge in [0.05, 0.1) is 18.2 Å². The number of hydrogen-bond donors (Lipinski definition) is 1. The van der Waals surface area contributed by atoms with Crippen LogP contribution in [-0.4, -0.2) is 56.3 Å². The van der Waals surface area contributed by atoms with Gasteiger partial charge in [0, 0.05) is 27.3 Å². The summed E-state index contributed by atoms with van der Waals surface area (Å²) in [4.78, 5) is 14.6. The highest BCUT2D eigenvalue weighted by atomic mass is 32.1. The third kappa shape index (κ3) is 5.41. The van der Waals surface area contributed by atoms with Gasteiger partial charge in [-0.15, -0.1) is 0 Å². The molecule has 0 aromatic heterocycles. The molecule has 1 unspecified atom stereocenters. The number of carbonyl (C=O) groups is 1. The molecular formula is C15H22N2O3S. The molecule has 2 N–H and O–H groups in total. The van der Waals surface area contributed by atoms with Crippen LogP contribution in [0.15, 0.2) is 30.3 Å². The first-order chi connectivity index (χ1) is 10.1. The molecule has 1 aromatic rings. The van der Waals surface area contributed by atoms with Crippen LogP contribution >= 0.6 is 12.2 Å². The molecule has 0 heterocycles. The van der Waals surface area contributed by atoms with Gasteiger partial charge in [-0.1, -0.05) is 42.5 Å². The van der Waals surface area contributed by atoms with E-state index < -0.39 is 5.92 Å². The molecular weight excluding hydrogens is 288 g/mol. The first-order valence-corrected chi connectivity index (χ1v) is 7.13. The van der Waals surface area contributed by atoms with E-state index >= 15 is 0 Å². The van der Waals surface area contributed by atoms with Gasteiger partial charge in [0.2, 0.25) is 5.91 Å². The van der Waals surface area contributed by atoms with Crippen molar-refractivity contribution >= 4 is 23.1 Å². The molecule has 1 atom stereocenters. The molecule has 6 heteroatoms. The van der Waals surface area contributed by atoms with Gasteiger partial charge in [-0.3, -0.25) is 4.79 Å². The van der Waals surface area contributed by atoms with Crippen LogP contribution in [0, 0.1) is 0 Å². The highest BCUT2D eigenvalue weighted by Crippen LogP contribution is 2.19. The molecule has 0 aliphatic heterocycles. The topological polar surface area (TPSA) is 64.8 Å². The van der Waals surface area contributed by atoms with Gasteiger partial charge in [-0.05, 0) is 5.56 Å². The zero-order valence-electron chi connectivity index (χ0n) is 12.5. The van der Waals surface area contributed by atoms with Crippen molar-refractivity contribution in [2.75, 3.05) is 40.5 Å². The average Bonchev–Trinajstić information content (AvgIpc) is 2.48. The molecule has 21 heavy (non-hydrogen) atoms. The van der Waals surface area contributed by atoms with Crippen LogP contribution in [0.3, 0.4) is 0 Å². The summed E-state index contributed by atoms with van der Waals surface area (Å²) in [5.74, 6) is -0.738. The Hall–Kier alpha value is -1.50. The van der Waals surface area contributed by atoms with Crippen LogP contribution in [0.1, 0.15) is 11.5 Å². The van der Waals surface area contributed by atoms with E-state index in [1.807, 2.05) is 30.3 Å². The zero-order chi connectivity index (χ0) is 15.7. The number of amides is 1. The fourth-order valence-corrected chi connectivity index (χ4v) is 2.23. The fourth-order valence-electron chi connectivity index (χ4n) is 1.99. The lowest BCUT2D eigenvalue weighted by atomic mass is 9.97. The van der Waals surface area contributed by atoms with E-state index in [2.05, 4.69) is 0 Å². The molecule has 1 aromatic carbocycles. The number of benzene rings is 1. The molecule has 0 aliphatic carbocycles. The average molecular weight is 310 g/mol. The molecule has 0 radical (unpaired) electrons. The van der Waals surface area contributed by atoms with Gasteiger partial charge < -0.3 is 20.1 Å². The maximum Gasteiger partial charge on any atom is 0.237 e. The van der Waals surface area contributed by atoms with Gasteiger partial charge in [0.15, 0.2) is 0 Å². The lowest BCUT2D eigenvalue weighted by Gasteiger charge is -2.26. The normalized spacial score (nSPS) is 11.9. The molecule has 0 spiro atoms. The molecule has 0 saturated heterocycles. The molecule has 0 fully saturated rings. The van der Waals surface area contributed by atoms with Gasteiger partial charge in [0.25, 0.3) is 0 Å². The Labute approximate surface area is 131 Å². The van der Waals surface area contributed by atoms with E-state index in [0.717, 1.165) is 5.56 Å². The maximum absolute atomic E-state index is 12.7. The number of thiocarbonyl (C=S) groups is 1. The third-order valence-corrected chi connectivity index (χ3v) is 3.34. The quantitative estimate of drug-likeness (QED) is 0.694. The summed E-state index contributed by atoms with van der Waals surface area (Å²) < 4.78 is 10.1. The van der Waals surface area contributed by atoms with E-state index in [4.69, 9.17) is 27.4 Å². The van der Waals surface area contributed by atoms with Gasteiger partial charge in [-0.2, -0.15) is 0 Å². The van der Waals surface area contributed by atoms with E-state index in [1.54, 1.807) is 19.1 Å². The fraction of sp³-hybridized carbons (Fsp3) is 0.467. The van der Waals surface area contributed by atoms with Crippen molar-refractivity contribution in [3.63, 3.8) is 0 Å². The first kappa shape index (κ1) is 17.6.